The number of hydrogen-bond donors (Lipinski definition) is 1. The average molecular weight is 402 g/mol. The van der Waals surface area contributed by atoms with Gasteiger partial charge in [0, 0.05) is 17.5 Å². The summed E-state index contributed by atoms with van der Waals surface area (Å²) in [5.41, 5.74) is 3.33. The zero-order valence-electron chi connectivity index (χ0n) is 15.9. The van der Waals surface area contributed by atoms with Crippen LogP contribution in [-0.4, -0.2) is 30.9 Å². The molecule has 1 unspecified atom stereocenters. The van der Waals surface area contributed by atoms with E-state index in [4.69, 9.17) is 0 Å². The number of thioether (sulfide) groups is 1. The van der Waals surface area contributed by atoms with Gasteiger partial charge in [-0.05, 0) is 25.8 Å². The number of rotatable bonds is 7. The minimum Gasteiger partial charge on any atom is -0.312 e. The number of nitrogens with zero attached hydrogens (tertiary/aromatic N) is 4. The molecule has 1 aromatic carbocycles. The molecule has 2 heterocycles. The highest BCUT2D eigenvalue weighted by Crippen LogP contribution is 2.31. The highest BCUT2D eigenvalue weighted by molar-refractivity contribution is 8.00. The molecule has 3 rings (SSSR count). The van der Waals surface area contributed by atoms with Crippen LogP contribution < -0.4 is 5.32 Å². The van der Waals surface area contributed by atoms with E-state index in [1.165, 1.54) is 28.7 Å². The van der Waals surface area contributed by atoms with Gasteiger partial charge in [-0.25, -0.2) is 4.98 Å². The zero-order chi connectivity index (χ0) is 19.4. The highest BCUT2D eigenvalue weighted by Gasteiger charge is 2.19. The Morgan fingerprint density at radius 2 is 2.07 bits per heavy atom. The smallest absolute Gasteiger partial charge is 0.239 e. The number of thiazole rings is 1. The Labute approximate surface area is 167 Å². The number of hydrogen-bond acceptors (Lipinski definition) is 6. The average Bonchev–Trinajstić information content (AvgIpc) is 3.21. The first-order chi connectivity index (χ1) is 13.0. The molecule has 142 valence electrons. The molecular weight excluding hydrogens is 378 g/mol. The van der Waals surface area contributed by atoms with Crippen LogP contribution in [0.25, 0.3) is 11.3 Å². The number of nitrogens with one attached hydrogen (secondary N) is 1. The number of aryl methyl sites for hydroxylation is 3. The molecule has 1 amide bonds. The molecule has 1 atom stereocenters. The summed E-state index contributed by atoms with van der Waals surface area (Å²) < 4.78 is 1.79. The van der Waals surface area contributed by atoms with Gasteiger partial charge in [0.05, 0.1) is 10.9 Å². The monoisotopic (exact) mass is 401 g/mol. The van der Waals surface area contributed by atoms with Crippen molar-refractivity contribution in [1.29, 1.82) is 0 Å². The number of carbonyl (C=O) groups excluding carboxylic acids is 1. The molecule has 0 saturated carbocycles. The summed E-state index contributed by atoms with van der Waals surface area (Å²) in [6.45, 7) is 6.06. The lowest BCUT2D eigenvalue weighted by atomic mass is 10.1. The van der Waals surface area contributed by atoms with E-state index in [2.05, 4.69) is 51.7 Å². The molecule has 8 heteroatoms. The molecule has 1 N–H and O–H groups in total. The minimum atomic E-state index is -0.297. The molecule has 0 spiro atoms. The quantitative estimate of drug-likeness (QED) is 0.597. The number of amides is 1. The number of benzene rings is 1. The third kappa shape index (κ3) is 4.75. The maximum Gasteiger partial charge on any atom is 0.239 e. The second-order valence-corrected chi connectivity index (χ2v) is 8.86. The Hall–Kier alpha value is -2.19. The number of carbonyl (C=O) groups is 1. The van der Waals surface area contributed by atoms with Gasteiger partial charge in [-0.1, -0.05) is 49.4 Å². The first kappa shape index (κ1) is 19.6. The fourth-order valence-electron chi connectivity index (χ4n) is 2.63. The first-order valence-electron chi connectivity index (χ1n) is 8.86. The molecule has 0 bridgehead atoms. The summed E-state index contributed by atoms with van der Waals surface area (Å²) >= 11 is 2.87. The van der Waals surface area contributed by atoms with Gasteiger partial charge in [-0.3, -0.25) is 4.79 Å². The van der Waals surface area contributed by atoms with Crippen LogP contribution in [0.3, 0.4) is 0 Å². The molecule has 27 heavy (non-hydrogen) atoms. The lowest BCUT2D eigenvalue weighted by molar-refractivity contribution is -0.115. The van der Waals surface area contributed by atoms with E-state index >= 15 is 0 Å². The molecule has 0 fully saturated rings. The molecule has 0 aliphatic rings. The van der Waals surface area contributed by atoms with Gasteiger partial charge in [0.15, 0.2) is 10.3 Å². The van der Waals surface area contributed by atoms with Crippen LogP contribution in [0.15, 0.2) is 35.7 Å². The van der Waals surface area contributed by atoms with Crippen molar-refractivity contribution < 1.29 is 4.79 Å². The van der Waals surface area contributed by atoms with Crippen molar-refractivity contribution >= 4 is 34.1 Å². The predicted molar refractivity (Wildman–Crippen MR) is 111 cm³/mol. The predicted octanol–water partition coefficient (Wildman–Crippen LogP) is 4.32. The summed E-state index contributed by atoms with van der Waals surface area (Å²) in [6.07, 6.45) is 3.84. The van der Waals surface area contributed by atoms with Crippen LogP contribution in [-0.2, 0) is 18.3 Å². The second-order valence-electron chi connectivity index (χ2n) is 6.34. The van der Waals surface area contributed by atoms with E-state index in [-0.39, 0.29) is 11.2 Å². The van der Waals surface area contributed by atoms with E-state index in [0.29, 0.717) is 10.3 Å². The van der Waals surface area contributed by atoms with Gasteiger partial charge in [0.2, 0.25) is 5.91 Å². The van der Waals surface area contributed by atoms with Crippen LogP contribution in [0.5, 0.6) is 0 Å². The van der Waals surface area contributed by atoms with Crippen LogP contribution in [0.2, 0.25) is 0 Å². The van der Waals surface area contributed by atoms with Crippen LogP contribution >= 0.6 is 23.1 Å². The second kappa shape index (κ2) is 8.67. The van der Waals surface area contributed by atoms with Crippen LogP contribution in [0, 0.1) is 6.92 Å². The molecule has 0 saturated heterocycles. The lowest BCUT2D eigenvalue weighted by Crippen LogP contribution is -2.22. The van der Waals surface area contributed by atoms with Crippen molar-refractivity contribution in [1.82, 2.24) is 19.7 Å². The van der Waals surface area contributed by atoms with E-state index < -0.39 is 0 Å². The van der Waals surface area contributed by atoms with Gasteiger partial charge in [-0.2, -0.15) is 0 Å². The molecule has 0 aliphatic carbocycles. The Balaban J connectivity index is 1.68. The molecular formula is C19H23N5OS2. The van der Waals surface area contributed by atoms with Crippen molar-refractivity contribution in [2.75, 3.05) is 5.32 Å². The van der Waals surface area contributed by atoms with Crippen molar-refractivity contribution in [3.63, 3.8) is 0 Å². The maximum atomic E-state index is 12.5. The normalized spacial score (nSPS) is 12.1. The van der Waals surface area contributed by atoms with Crippen molar-refractivity contribution in [2.24, 2.45) is 7.05 Å². The zero-order valence-corrected chi connectivity index (χ0v) is 17.5. The van der Waals surface area contributed by atoms with Gasteiger partial charge in [-0.15, -0.1) is 21.5 Å². The van der Waals surface area contributed by atoms with E-state index in [0.717, 1.165) is 29.0 Å². The van der Waals surface area contributed by atoms with Gasteiger partial charge in [0.25, 0.3) is 0 Å². The molecule has 2 aromatic heterocycles. The topological polar surface area (TPSA) is 72.7 Å². The minimum absolute atomic E-state index is 0.0957. The largest absolute Gasteiger partial charge is 0.312 e. The van der Waals surface area contributed by atoms with Gasteiger partial charge in [0.1, 0.15) is 6.33 Å². The number of aromatic nitrogens is 4. The fourth-order valence-corrected chi connectivity index (χ4v) is 4.26. The third-order valence-corrected chi connectivity index (χ3v) is 6.15. The fraction of sp³-hybridized carbons (Fsp3) is 0.368. The Bertz CT molecular complexity index is 917. The SMILES string of the molecule is CCCc1ccc(-c2nc(NC(=O)C(C)Sc3nncn3C)sc2C)cc1. The third-order valence-electron chi connectivity index (χ3n) is 4.11. The summed E-state index contributed by atoms with van der Waals surface area (Å²) in [5, 5.41) is 11.8. The Morgan fingerprint density at radius 3 is 2.70 bits per heavy atom. The summed E-state index contributed by atoms with van der Waals surface area (Å²) in [7, 11) is 1.86. The standard InChI is InChI=1S/C19H23N5OS2/c1-5-6-14-7-9-15(10-8-14)16-12(2)26-18(21-16)22-17(25)13(3)27-19-23-20-11-24(19)4/h7-11,13H,5-6H2,1-4H3,(H,21,22,25). The summed E-state index contributed by atoms with van der Waals surface area (Å²) in [5.74, 6) is -0.0957. The van der Waals surface area contributed by atoms with E-state index in [1.54, 1.807) is 10.9 Å². The first-order valence-corrected chi connectivity index (χ1v) is 10.6. The van der Waals surface area contributed by atoms with E-state index in [1.807, 2.05) is 20.9 Å². The Kier molecular flexibility index (Phi) is 6.28. The van der Waals surface area contributed by atoms with Crippen molar-refractivity contribution in [2.45, 2.75) is 44.0 Å². The van der Waals surface area contributed by atoms with Crippen LogP contribution in [0.4, 0.5) is 5.13 Å². The molecule has 3 aromatic rings. The lowest BCUT2D eigenvalue weighted by Gasteiger charge is -2.09. The van der Waals surface area contributed by atoms with Crippen molar-refractivity contribution in [3.8, 4) is 11.3 Å². The van der Waals surface area contributed by atoms with Crippen molar-refractivity contribution in [3.05, 3.63) is 41.0 Å². The Morgan fingerprint density at radius 1 is 1.33 bits per heavy atom. The highest BCUT2D eigenvalue weighted by atomic mass is 32.2. The van der Waals surface area contributed by atoms with Gasteiger partial charge >= 0.3 is 0 Å². The molecule has 6 nitrogen and oxygen atoms in total. The summed E-state index contributed by atoms with van der Waals surface area (Å²) in [4.78, 5) is 18.2. The maximum absolute atomic E-state index is 12.5. The summed E-state index contributed by atoms with van der Waals surface area (Å²) in [6, 6.07) is 8.50. The number of anilines is 1. The van der Waals surface area contributed by atoms with E-state index in [9.17, 15) is 4.79 Å². The molecule has 0 aliphatic heterocycles. The van der Waals surface area contributed by atoms with Gasteiger partial charge < -0.3 is 9.88 Å². The van der Waals surface area contributed by atoms with Crippen LogP contribution in [0.1, 0.15) is 30.7 Å². The molecule has 0 radical (unpaired) electrons.